The molecule has 158 valence electrons. The zero-order valence-corrected chi connectivity index (χ0v) is 18.5. The van der Waals surface area contributed by atoms with Crippen LogP contribution in [-0.2, 0) is 20.7 Å². The van der Waals surface area contributed by atoms with Gasteiger partial charge in [0, 0.05) is 17.4 Å². The Kier molecular flexibility index (Phi) is 6.69. The number of aryl methyl sites for hydroxylation is 1. The maximum atomic E-state index is 12.4. The number of rotatable bonds is 8. The zero-order valence-electron chi connectivity index (χ0n) is 16.9. The SMILES string of the molecule is CC(OC(=O)CCCc1nc2ccccc2s1)C(=O)Nc1nc(-c2ccccc2)cs1. The predicted molar refractivity (Wildman–Crippen MR) is 124 cm³/mol. The van der Waals surface area contributed by atoms with Crippen LogP contribution in [-0.4, -0.2) is 27.9 Å². The summed E-state index contributed by atoms with van der Waals surface area (Å²) in [5, 5.41) is 6.07. The van der Waals surface area contributed by atoms with Gasteiger partial charge in [-0.3, -0.25) is 14.9 Å². The second-order valence-corrected chi connectivity index (χ2v) is 8.93. The van der Waals surface area contributed by atoms with Crippen molar-refractivity contribution in [3.05, 3.63) is 65.0 Å². The molecule has 4 aromatic rings. The lowest BCUT2D eigenvalue weighted by Gasteiger charge is -2.12. The summed E-state index contributed by atoms with van der Waals surface area (Å²) in [5.41, 5.74) is 2.75. The Balaban J connectivity index is 1.23. The second-order valence-electron chi connectivity index (χ2n) is 6.95. The van der Waals surface area contributed by atoms with Gasteiger partial charge in [-0.15, -0.1) is 22.7 Å². The number of para-hydroxylation sites is 1. The smallest absolute Gasteiger partial charge is 0.306 e. The van der Waals surface area contributed by atoms with Crippen molar-refractivity contribution in [2.75, 3.05) is 5.32 Å². The number of fused-ring (bicyclic) bond motifs is 1. The molecule has 1 unspecified atom stereocenters. The highest BCUT2D eigenvalue weighted by Gasteiger charge is 2.19. The highest BCUT2D eigenvalue weighted by atomic mass is 32.1. The summed E-state index contributed by atoms with van der Waals surface area (Å²) < 4.78 is 6.42. The number of hydrogen-bond donors (Lipinski definition) is 1. The average Bonchev–Trinajstić information content (AvgIpc) is 3.41. The molecule has 31 heavy (non-hydrogen) atoms. The van der Waals surface area contributed by atoms with Crippen LogP contribution in [0, 0.1) is 0 Å². The number of thiazole rings is 2. The van der Waals surface area contributed by atoms with Crippen LogP contribution >= 0.6 is 22.7 Å². The van der Waals surface area contributed by atoms with Crippen LogP contribution in [0.25, 0.3) is 21.5 Å². The van der Waals surface area contributed by atoms with Crippen molar-refractivity contribution in [3.63, 3.8) is 0 Å². The fraction of sp³-hybridized carbons (Fsp3) is 0.217. The van der Waals surface area contributed by atoms with Crippen LogP contribution in [0.3, 0.4) is 0 Å². The minimum absolute atomic E-state index is 0.239. The second kappa shape index (κ2) is 9.80. The molecule has 0 radical (unpaired) electrons. The molecule has 1 N–H and O–H groups in total. The van der Waals surface area contributed by atoms with Gasteiger partial charge in [0.25, 0.3) is 5.91 Å². The minimum atomic E-state index is -0.890. The molecule has 0 aliphatic carbocycles. The molecule has 6 nitrogen and oxygen atoms in total. The van der Waals surface area contributed by atoms with E-state index in [0.717, 1.165) is 26.5 Å². The number of carbonyl (C=O) groups is 2. The minimum Gasteiger partial charge on any atom is -0.453 e. The highest BCUT2D eigenvalue weighted by Crippen LogP contribution is 2.25. The van der Waals surface area contributed by atoms with E-state index >= 15 is 0 Å². The van der Waals surface area contributed by atoms with Gasteiger partial charge in [0.15, 0.2) is 11.2 Å². The van der Waals surface area contributed by atoms with Crippen LogP contribution in [0.1, 0.15) is 24.8 Å². The number of aromatic nitrogens is 2. The van der Waals surface area contributed by atoms with E-state index in [-0.39, 0.29) is 6.42 Å². The summed E-state index contributed by atoms with van der Waals surface area (Å²) in [6, 6.07) is 17.7. The van der Waals surface area contributed by atoms with Crippen molar-refractivity contribution in [1.82, 2.24) is 9.97 Å². The average molecular weight is 452 g/mol. The van der Waals surface area contributed by atoms with E-state index in [0.29, 0.717) is 18.0 Å². The van der Waals surface area contributed by atoms with Gasteiger partial charge in [0.05, 0.1) is 20.9 Å². The number of nitrogens with zero attached hydrogens (tertiary/aromatic N) is 2. The van der Waals surface area contributed by atoms with Crippen LogP contribution in [0.15, 0.2) is 60.0 Å². The normalized spacial score (nSPS) is 11.9. The number of hydrogen-bond acceptors (Lipinski definition) is 7. The summed E-state index contributed by atoms with van der Waals surface area (Å²) in [4.78, 5) is 33.5. The Hall–Kier alpha value is -3.10. The molecule has 1 atom stereocenters. The summed E-state index contributed by atoms with van der Waals surface area (Å²) >= 11 is 2.97. The summed E-state index contributed by atoms with van der Waals surface area (Å²) in [7, 11) is 0. The number of esters is 1. The number of benzene rings is 2. The van der Waals surface area contributed by atoms with Crippen molar-refractivity contribution in [3.8, 4) is 11.3 Å². The van der Waals surface area contributed by atoms with Crippen LogP contribution in [0.5, 0.6) is 0 Å². The molecule has 0 aliphatic rings. The van der Waals surface area contributed by atoms with E-state index in [1.165, 1.54) is 11.3 Å². The molecule has 2 aromatic carbocycles. The van der Waals surface area contributed by atoms with Gasteiger partial charge in [0.2, 0.25) is 0 Å². The first kappa shape index (κ1) is 21.1. The molecule has 0 bridgehead atoms. The number of carbonyl (C=O) groups excluding carboxylic acids is 2. The first-order valence-corrected chi connectivity index (χ1v) is 11.6. The van der Waals surface area contributed by atoms with E-state index in [9.17, 15) is 9.59 Å². The molecule has 8 heteroatoms. The predicted octanol–water partition coefficient (Wildman–Crippen LogP) is 5.31. The molecular formula is C23H21N3O3S2. The van der Waals surface area contributed by atoms with E-state index in [1.807, 2.05) is 60.0 Å². The Morgan fingerprint density at radius 1 is 1.06 bits per heavy atom. The van der Waals surface area contributed by atoms with Gasteiger partial charge in [-0.05, 0) is 31.9 Å². The van der Waals surface area contributed by atoms with Crippen molar-refractivity contribution < 1.29 is 14.3 Å². The molecule has 1 amide bonds. The van der Waals surface area contributed by atoms with E-state index in [1.54, 1.807) is 18.3 Å². The van der Waals surface area contributed by atoms with Crippen molar-refractivity contribution in [2.24, 2.45) is 0 Å². The van der Waals surface area contributed by atoms with E-state index < -0.39 is 18.0 Å². The quantitative estimate of drug-likeness (QED) is 0.367. The summed E-state index contributed by atoms with van der Waals surface area (Å²) in [6.45, 7) is 1.56. The van der Waals surface area contributed by atoms with Gasteiger partial charge >= 0.3 is 5.97 Å². The van der Waals surface area contributed by atoms with Gasteiger partial charge in [-0.25, -0.2) is 9.97 Å². The van der Waals surface area contributed by atoms with Crippen LogP contribution < -0.4 is 5.32 Å². The monoisotopic (exact) mass is 451 g/mol. The third kappa shape index (κ3) is 5.53. The van der Waals surface area contributed by atoms with Crippen LogP contribution in [0.2, 0.25) is 0 Å². The van der Waals surface area contributed by atoms with Gasteiger partial charge in [0.1, 0.15) is 0 Å². The summed E-state index contributed by atoms with van der Waals surface area (Å²) in [6.07, 6.45) is 0.679. The first-order chi connectivity index (χ1) is 15.1. The van der Waals surface area contributed by atoms with Crippen molar-refractivity contribution in [2.45, 2.75) is 32.3 Å². The molecule has 4 rings (SSSR count). The topological polar surface area (TPSA) is 81.2 Å². The number of nitrogens with one attached hydrogen (secondary N) is 1. The molecule has 2 aromatic heterocycles. The van der Waals surface area contributed by atoms with Crippen LogP contribution in [0.4, 0.5) is 5.13 Å². The maximum Gasteiger partial charge on any atom is 0.306 e. The van der Waals surface area contributed by atoms with Crippen molar-refractivity contribution >= 4 is 49.9 Å². The Bertz CT molecular complexity index is 1150. The fourth-order valence-corrected chi connectivity index (χ4v) is 4.73. The fourth-order valence-electron chi connectivity index (χ4n) is 3.00. The third-order valence-corrected chi connectivity index (χ3v) is 6.44. The Morgan fingerprint density at radius 2 is 1.84 bits per heavy atom. The summed E-state index contributed by atoms with van der Waals surface area (Å²) in [5.74, 6) is -0.790. The highest BCUT2D eigenvalue weighted by molar-refractivity contribution is 7.18. The first-order valence-electron chi connectivity index (χ1n) is 9.94. The van der Waals surface area contributed by atoms with Crippen molar-refractivity contribution in [1.29, 1.82) is 0 Å². The number of ether oxygens (including phenoxy) is 1. The zero-order chi connectivity index (χ0) is 21.6. The standard InChI is InChI=1S/C23H21N3O3S2/c1-15(22(28)26-23-25-18(14-30-23)16-8-3-2-4-9-16)29-21(27)13-7-12-20-24-17-10-5-6-11-19(17)31-20/h2-6,8-11,14-15H,7,12-13H2,1H3,(H,25,26,28). The Labute approximate surface area is 187 Å². The molecule has 0 fully saturated rings. The third-order valence-electron chi connectivity index (χ3n) is 4.59. The van der Waals surface area contributed by atoms with E-state index in [4.69, 9.17) is 4.74 Å². The molecule has 0 saturated heterocycles. The lowest BCUT2D eigenvalue weighted by molar-refractivity contribution is -0.153. The maximum absolute atomic E-state index is 12.4. The van der Waals surface area contributed by atoms with Gasteiger partial charge < -0.3 is 4.74 Å². The molecule has 2 heterocycles. The number of amides is 1. The van der Waals surface area contributed by atoms with E-state index in [2.05, 4.69) is 15.3 Å². The largest absolute Gasteiger partial charge is 0.453 e. The lowest BCUT2D eigenvalue weighted by Crippen LogP contribution is -2.29. The van der Waals surface area contributed by atoms with Gasteiger partial charge in [-0.1, -0.05) is 42.5 Å². The molecular weight excluding hydrogens is 430 g/mol. The molecule has 0 aliphatic heterocycles. The Morgan fingerprint density at radius 3 is 2.65 bits per heavy atom. The molecule has 0 saturated carbocycles. The molecule has 0 spiro atoms. The lowest BCUT2D eigenvalue weighted by atomic mass is 10.2. The van der Waals surface area contributed by atoms with Gasteiger partial charge in [-0.2, -0.15) is 0 Å². The number of anilines is 1.